The van der Waals surface area contributed by atoms with Gasteiger partial charge in [0.1, 0.15) is 0 Å². The smallest absolute Gasteiger partial charge is 0.223 e. The summed E-state index contributed by atoms with van der Waals surface area (Å²) in [7, 11) is 0. The maximum absolute atomic E-state index is 12.2. The molecule has 4 heteroatoms. The van der Waals surface area contributed by atoms with E-state index in [4.69, 9.17) is 11.6 Å². The quantitative estimate of drug-likeness (QED) is 0.876. The van der Waals surface area contributed by atoms with Gasteiger partial charge in [0.15, 0.2) is 0 Å². The van der Waals surface area contributed by atoms with Crippen molar-refractivity contribution in [2.75, 3.05) is 19.6 Å². The van der Waals surface area contributed by atoms with Gasteiger partial charge in [-0.1, -0.05) is 50.6 Å². The van der Waals surface area contributed by atoms with Crippen molar-refractivity contribution in [3.05, 3.63) is 34.9 Å². The van der Waals surface area contributed by atoms with Crippen molar-refractivity contribution >= 4 is 17.5 Å². The van der Waals surface area contributed by atoms with Crippen molar-refractivity contribution in [2.45, 2.75) is 26.2 Å². The number of hydrogen-bond donors (Lipinski definition) is 2. The second-order valence-electron chi connectivity index (χ2n) is 6.29. The molecule has 1 amide bonds. The van der Waals surface area contributed by atoms with Gasteiger partial charge in [0, 0.05) is 22.9 Å². The molecule has 2 N–H and O–H groups in total. The number of carbonyl (C=O) groups is 1. The van der Waals surface area contributed by atoms with E-state index < -0.39 is 0 Å². The number of hydrogen-bond acceptors (Lipinski definition) is 2. The molecule has 0 aromatic heterocycles. The average Bonchev–Trinajstić information content (AvgIpc) is 2.34. The fourth-order valence-electron chi connectivity index (χ4n) is 2.45. The summed E-state index contributed by atoms with van der Waals surface area (Å²) < 4.78 is 0. The van der Waals surface area contributed by atoms with Crippen LogP contribution in [0.5, 0.6) is 0 Å². The van der Waals surface area contributed by atoms with Crippen LogP contribution >= 0.6 is 11.6 Å². The third-order valence-electron chi connectivity index (χ3n) is 4.24. The van der Waals surface area contributed by atoms with Crippen LogP contribution in [0.2, 0.25) is 5.02 Å². The molecule has 0 radical (unpaired) electrons. The number of carbonyl (C=O) groups excluding carboxylic acids is 1. The van der Waals surface area contributed by atoms with E-state index in [2.05, 4.69) is 24.5 Å². The van der Waals surface area contributed by atoms with Crippen molar-refractivity contribution in [3.63, 3.8) is 0 Å². The minimum absolute atomic E-state index is 0.0679. The van der Waals surface area contributed by atoms with Gasteiger partial charge in [0.05, 0.1) is 0 Å². The third kappa shape index (κ3) is 3.33. The summed E-state index contributed by atoms with van der Waals surface area (Å²) in [6.07, 6.45) is 0. The Bertz CT molecular complexity index is 483. The van der Waals surface area contributed by atoms with Crippen LogP contribution in [-0.4, -0.2) is 25.5 Å². The fraction of sp³-hybridized carbons (Fsp3) is 0.562. The highest BCUT2D eigenvalue weighted by atomic mass is 35.5. The predicted molar refractivity (Wildman–Crippen MR) is 83.0 cm³/mol. The van der Waals surface area contributed by atoms with Gasteiger partial charge < -0.3 is 10.6 Å². The molecule has 3 nitrogen and oxygen atoms in total. The van der Waals surface area contributed by atoms with Crippen LogP contribution < -0.4 is 10.6 Å². The van der Waals surface area contributed by atoms with Crippen LogP contribution in [-0.2, 0) is 10.2 Å². The van der Waals surface area contributed by atoms with Crippen molar-refractivity contribution in [1.82, 2.24) is 10.6 Å². The Morgan fingerprint density at radius 2 is 2.10 bits per heavy atom. The van der Waals surface area contributed by atoms with E-state index in [1.54, 1.807) is 0 Å². The van der Waals surface area contributed by atoms with Gasteiger partial charge in [-0.25, -0.2) is 0 Å². The predicted octanol–water partition coefficient (Wildman–Crippen LogP) is 2.59. The molecule has 1 aromatic rings. The zero-order chi connectivity index (χ0) is 14.8. The third-order valence-corrected chi connectivity index (χ3v) is 4.57. The first-order chi connectivity index (χ1) is 9.42. The van der Waals surface area contributed by atoms with Gasteiger partial charge in [-0.15, -0.1) is 0 Å². The zero-order valence-electron chi connectivity index (χ0n) is 12.4. The number of rotatable bonds is 5. The largest absolute Gasteiger partial charge is 0.355 e. The van der Waals surface area contributed by atoms with Gasteiger partial charge in [0.2, 0.25) is 5.91 Å². The summed E-state index contributed by atoms with van der Waals surface area (Å²) in [6, 6.07) is 7.82. The minimum Gasteiger partial charge on any atom is -0.355 e. The van der Waals surface area contributed by atoms with Gasteiger partial charge >= 0.3 is 0 Å². The monoisotopic (exact) mass is 294 g/mol. The number of benzene rings is 1. The first-order valence-electron chi connectivity index (χ1n) is 7.15. The summed E-state index contributed by atoms with van der Waals surface area (Å²) in [5.41, 5.74) is 0.894. The molecule has 0 aliphatic carbocycles. The Labute approximate surface area is 126 Å². The second-order valence-corrected chi connectivity index (χ2v) is 6.70. The highest BCUT2D eigenvalue weighted by Gasteiger charge is 2.30. The van der Waals surface area contributed by atoms with Crippen LogP contribution in [0, 0.1) is 11.8 Å². The van der Waals surface area contributed by atoms with E-state index >= 15 is 0 Å². The highest BCUT2D eigenvalue weighted by Crippen LogP contribution is 2.29. The van der Waals surface area contributed by atoms with Crippen molar-refractivity contribution in [3.8, 4) is 0 Å². The molecule has 1 saturated heterocycles. The zero-order valence-corrected chi connectivity index (χ0v) is 13.1. The SMILES string of the molecule is CC(C(=O)NCC(C)(C)c1ccccc1Cl)C1CNC1. The lowest BCUT2D eigenvalue weighted by molar-refractivity contribution is -0.126. The summed E-state index contributed by atoms with van der Waals surface area (Å²) in [6.45, 7) is 8.70. The van der Waals surface area contributed by atoms with E-state index in [1.807, 2.05) is 31.2 Å². The molecule has 110 valence electrons. The molecule has 1 heterocycles. The van der Waals surface area contributed by atoms with Crippen LogP contribution in [0.3, 0.4) is 0 Å². The molecule has 2 rings (SSSR count). The van der Waals surface area contributed by atoms with Crippen molar-refractivity contribution in [2.24, 2.45) is 11.8 Å². The van der Waals surface area contributed by atoms with E-state index in [0.29, 0.717) is 12.5 Å². The molecule has 1 aliphatic rings. The maximum Gasteiger partial charge on any atom is 0.223 e. The van der Waals surface area contributed by atoms with Crippen LogP contribution in [0.1, 0.15) is 26.3 Å². The normalized spacial score (nSPS) is 17.4. The molecule has 0 spiro atoms. The standard InChI is InChI=1S/C16H23ClN2O/c1-11(12-8-18-9-12)15(20)19-10-16(2,3)13-6-4-5-7-14(13)17/h4-7,11-12,18H,8-10H2,1-3H3,(H,19,20). The Morgan fingerprint density at radius 1 is 1.45 bits per heavy atom. The minimum atomic E-state index is -0.175. The maximum atomic E-state index is 12.2. The first-order valence-corrected chi connectivity index (χ1v) is 7.53. The van der Waals surface area contributed by atoms with Crippen LogP contribution in [0.25, 0.3) is 0 Å². The second kappa shape index (κ2) is 6.15. The van der Waals surface area contributed by atoms with Gasteiger partial charge in [-0.2, -0.15) is 0 Å². The molecule has 1 aliphatic heterocycles. The molecule has 1 aromatic carbocycles. The van der Waals surface area contributed by atoms with E-state index in [0.717, 1.165) is 23.7 Å². The topological polar surface area (TPSA) is 41.1 Å². The Hall–Kier alpha value is -1.06. The number of halogens is 1. The molecular formula is C16H23ClN2O. The first kappa shape index (κ1) is 15.3. The van der Waals surface area contributed by atoms with E-state index in [9.17, 15) is 4.79 Å². The Kier molecular flexibility index (Phi) is 4.71. The van der Waals surface area contributed by atoms with Gasteiger partial charge in [-0.3, -0.25) is 4.79 Å². The lowest BCUT2D eigenvalue weighted by Crippen LogP contribution is -2.50. The summed E-state index contributed by atoms with van der Waals surface area (Å²) in [5, 5.41) is 7.03. The Morgan fingerprint density at radius 3 is 2.65 bits per heavy atom. The van der Waals surface area contributed by atoms with E-state index in [1.165, 1.54) is 0 Å². The summed E-state index contributed by atoms with van der Waals surface area (Å²) in [4.78, 5) is 12.2. The van der Waals surface area contributed by atoms with Crippen molar-refractivity contribution in [1.29, 1.82) is 0 Å². The van der Waals surface area contributed by atoms with E-state index in [-0.39, 0.29) is 17.2 Å². The summed E-state index contributed by atoms with van der Waals surface area (Å²) >= 11 is 6.25. The fourth-order valence-corrected chi connectivity index (χ4v) is 2.84. The molecule has 0 saturated carbocycles. The Balaban J connectivity index is 1.95. The molecule has 1 fully saturated rings. The molecular weight excluding hydrogens is 272 g/mol. The number of nitrogens with one attached hydrogen (secondary N) is 2. The lowest BCUT2D eigenvalue weighted by Gasteiger charge is -2.33. The van der Waals surface area contributed by atoms with Crippen molar-refractivity contribution < 1.29 is 4.79 Å². The molecule has 20 heavy (non-hydrogen) atoms. The van der Waals surface area contributed by atoms with Gasteiger partial charge in [-0.05, 0) is 30.6 Å². The van der Waals surface area contributed by atoms with Gasteiger partial charge in [0.25, 0.3) is 0 Å². The lowest BCUT2D eigenvalue weighted by atomic mass is 9.83. The molecule has 1 atom stereocenters. The van der Waals surface area contributed by atoms with Crippen LogP contribution in [0.15, 0.2) is 24.3 Å². The average molecular weight is 295 g/mol. The van der Waals surface area contributed by atoms with Crippen LogP contribution in [0.4, 0.5) is 0 Å². The molecule has 1 unspecified atom stereocenters. The number of amides is 1. The highest BCUT2D eigenvalue weighted by molar-refractivity contribution is 6.31. The molecule has 0 bridgehead atoms. The summed E-state index contributed by atoms with van der Waals surface area (Å²) in [5.74, 6) is 0.674.